The zero-order chi connectivity index (χ0) is 9.23. The molecule has 1 saturated carbocycles. The molecule has 0 aliphatic heterocycles. The fraction of sp³-hybridized carbons (Fsp3) is 1.00. The maximum Gasteiger partial charge on any atom is 0.00388 e. The van der Waals surface area contributed by atoms with Crippen LogP contribution in [0.25, 0.3) is 0 Å². The van der Waals surface area contributed by atoms with E-state index in [2.05, 4.69) is 19.2 Å². The van der Waals surface area contributed by atoms with Crippen LogP contribution in [-0.4, -0.2) is 19.1 Å². The van der Waals surface area contributed by atoms with Crippen molar-refractivity contribution in [3.8, 4) is 0 Å². The lowest BCUT2D eigenvalue weighted by Gasteiger charge is -2.15. The smallest absolute Gasteiger partial charge is 0.00388 e. The van der Waals surface area contributed by atoms with E-state index in [9.17, 15) is 0 Å². The van der Waals surface area contributed by atoms with Gasteiger partial charge in [0.05, 0.1) is 0 Å². The molecule has 0 unspecified atom stereocenters. The van der Waals surface area contributed by atoms with E-state index in [-0.39, 0.29) is 0 Å². The van der Waals surface area contributed by atoms with Crippen molar-refractivity contribution in [3.63, 3.8) is 0 Å². The lowest BCUT2D eigenvalue weighted by atomic mass is 9.97. The molecule has 1 rings (SSSR count). The van der Waals surface area contributed by atoms with Gasteiger partial charge in [0.15, 0.2) is 0 Å². The summed E-state index contributed by atoms with van der Waals surface area (Å²) in [6.45, 7) is 6.39. The van der Waals surface area contributed by atoms with E-state index in [1.807, 2.05) is 0 Å². The second-order valence-electron chi connectivity index (χ2n) is 3.36. The summed E-state index contributed by atoms with van der Waals surface area (Å²) in [7, 11) is 0. The molecule has 0 aromatic rings. The van der Waals surface area contributed by atoms with Gasteiger partial charge >= 0.3 is 0 Å². The third-order valence-electron chi connectivity index (χ3n) is 2.15. The second-order valence-corrected chi connectivity index (χ2v) is 3.36. The monoisotopic (exact) mass is 172 g/mol. The van der Waals surface area contributed by atoms with Crippen molar-refractivity contribution < 1.29 is 0 Å². The molecule has 12 heavy (non-hydrogen) atoms. The van der Waals surface area contributed by atoms with E-state index in [1.165, 1.54) is 32.1 Å². The highest BCUT2D eigenvalue weighted by molar-refractivity contribution is 4.66. The second kappa shape index (κ2) is 9.01. The van der Waals surface area contributed by atoms with E-state index >= 15 is 0 Å². The van der Waals surface area contributed by atoms with E-state index in [4.69, 9.17) is 5.73 Å². The predicted molar refractivity (Wildman–Crippen MR) is 55.3 cm³/mol. The Hall–Kier alpha value is -0.0800. The lowest BCUT2D eigenvalue weighted by molar-refractivity contribution is 0.441. The zero-order valence-electron chi connectivity index (χ0n) is 8.60. The molecule has 1 fully saturated rings. The maximum atomic E-state index is 5.63. The molecule has 3 N–H and O–H groups in total. The molecule has 0 atom stereocenters. The van der Waals surface area contributed by atoms with E-state index in [1.54, 1.807) is 0 Å². The topological polar surface area (TPSA) is 38.0 Å². The van der Waals surface area contributed by atoms with Crippen molar-refractivity contribution in [2.45, 2.75) is 52.0 Å². The molecule has 0 amide bonds. The third-order valence-corrected chi connectivity index (χ3v) is 2.15. The van der Waals surface area contributed by atoms with E-state index < -0.39 is 0 Å². The average Bonchev–Trinajstić information content (AvgIpc) is 2.08. The van der Waals surface area contributed by atoms with Crippen LogP contribution in [-0.2, 0) is 0 Å². The molecule has 0 radical (unpaired) electrons. The summed E-state index contributed by atoms with van der Waals surface area (Å²) in [6, 6.07) is 0.536. The molecule has 0 heterocycles. The Labute approximate surface area is 76.9 Å². The predicted octanol–water partition coefficient (Wildman–Crippen LogP) is 1.89. The molecule has 0 aromatic carbocycles. The first-order valence-electron chi connectivity index (χ1n) is 5.27. The van der Waals surface area contributed by atoms with Crippen LogP contribution in [0.5, 0.6) is 0 Å². The van der Waals surface area contributed by atoms with E-state index in [0.717, 1.165) is 13.1 Å². The minimum absolute atomic E-state index is 0.536. The van der Waals surface area contributed by atoms with Crippen molar-refractivity contribution in [3.05, 3.63) is 0 Å². The van der Waals surface area contributed by atoms with Gasteiger partial charge in [0.2, 0.25) is 0 Å². The molecule has 74 valence electrons. The summed E-state index contributed by atoms with van der Waals surface area (Å²) in [6.07, 6.45) is 6.66. The van der Waals surface area contributed by atoms with Crippen molar-refractivity contribution >= 4 is 0 Å². The summed E-state index contributed by atoms with van der Waals surface area (Å²) in [5.74, 6) is 0. The van der Waals surface area contributed by atoms with Gasteiger partial charge < -0.3 is 11.1 Å². The first-order valence-corrected chi connectivity index (χ1v) is 5.27. The van der Waals surface area contributed by atoms with Crippen LogP contribution in [0.1, 0.15) is 46.0 Å². The van der Waals surface area contributed by atoms with Crippen molar-refractivity contribution in [1.82, 2.24) is 5.32 Å². The molecular weight excluding hydrogens is 148 g/mol. The van der Waals surface area contributed by atoms with Crippen LogP contribution in [0.3, 0.4) is 0 Å². The highest BCUT2D eigenvalue weighted by atomic mass is 14.8. The fourth-order valence-corrected chi connectivity index (χ4v) is 1.38. The highest BCUT2D eigenvalue weighted by Crippen LogP contribution is 2.14. The Balaban J connectivity index is 0.000000217. The summed E-state index contributed by atoms with van der Waals surface area (Å²) >= 11 is 0. The molecule has 0 saturated heterocycles. The van der Waals surface area contributed by atoms with Crippen LogP contribution >= 0.6 is 0 Å². The largest absolute Gasteiger partial charge is 0.328 e. The number of nitrogens with two attached hydrogens (primary N) is 1. The highest BCUT2D eigenvalue weighted by Gasteiger charge is 2.06. The van der Waals surface area contributed by atoms with Crippen molar-refractivity contribution in [2.24, 2.45) is 5.73 Å². The zero-order valence-corrected chi connectivity index (χ0v) is 8.60. The summed E-state index contributed by atoms with van der Waals surface area (Å²) in [5, 5.41) is 3.11. The number of hydrogen-bond donors (Lipinski definition) is 2. The molecule has 0 spiro atoms. The van der Waals surface area contributed by atoms with Gasteiger partial charge in [-0.1, -0.05) is 33.1 Å². The number of hydrogen-bond acceptors (Lipinski definition) is 2. The van der Waals surface area contributed by atoms with Gasteiger partial charge in [-0.05, 0) is 25.9 Å². The summed E-state index contributed by atoms with van der Waals surface area (Å²) in [4.78, 5) is 0. The van der Waals surface area contributed by atoms with Crippen molar-refractivity contribution in [1.29, 1.82) is 0 Å². The van der Waals surface area contributed by atoms with Crippen LogP contribution in [0.4, 0.5) is 0 Å². The quantitative estimate of drug-likeness (QED) is 0.667. The van der Waals surface area contributed by atoms with Gasteiger partial charge in [0.1, 0.15) is 0 Å². The van der Waals surface area contributed by atoms with Gasteiger partial charge in [0.25, 0.3) is 0 Å². The molecule has 1 aliphatic rings. The van der Waals surface area contributed by atoms with Crippen LogP contribution in [0.15, 0.2) is 0 Å². The van der Waals surface area contributed by atoms with Gasteiger partial charge in [-0.2, -0.15) is 0 Å². The van der Waals surface area contributed by atoms with Gasteiger partial charge in [-0.3, -0.25) is 0 Å². The fourth-order valence-electron chi connectivity index (χ4n) is 1.38. The third kappa shape index (κ3) is 8.02. The average molecular weight is 172 g/mol. The normalized spacial score (nSPS) is 18.2. The Bertz CT molecular complexity index is 75.9. The van der Waals surface area contributed by atoms with Gasteiger partial charge in [-0.15, -0.1) is 0 Å². The molecule has 2 heteroatoms. The summed E-state index contributed by atoms with van der Waals surface area (Å²) < 4.78 is 0. The van der Waals surface area contributed by atoms with Crippen LogP contribution in [0.2, 0.25) is 0 Å². The summed E-state index contributed by atoms with van der Waals surface area (Å²) in [5.41, 5.74) is 5.63. The first kappa shape index (κ1) is 11.9. The van der Waals surface area contributed by atoms with E-state index in [0.29, 0.717) is 6.04 Å². The van der Waals surface area contributed by atoms with Crippen LogP contribution in [0, 0.1) is 0 Å². The minimum Gasteiger partial charge on any atom is -0.328 e. The van der Waals surface area contributed by atoms with Crippen molar-refractivity contribution in [2.75, 3.05) is 13.1 Å². The Morgan fingerprint density at radius 2 is 1.58 bits per heavy atom. The lowest BCUT2D eigenvalue weighted by Crippen LogP contribution is -2.22. The number of rotatable bonds is 2. The SMILES string of the molecule is CCNCC.NC1CCCCC1. The van der Waals surface area contributed by atoms with Crippen LogP contribution < -0.4 is 11.1 Å². The molecular formula is C10H24N2. The minimum atomic E-state index is 0.536. The van der Waals surface area contributed by atoms with Gasteiger partial charge in [0, 0.05) is 6.04 Å². The van der Waals surface area contributed by atoms with Gasteiger partial charge in [-0.25, -0.2) is 0 Å². The Kier molecular flexibility index (Phi) is 8.95. The molecule has 1 aliphatic carbocycles. The molecule has 0 bridgehead atoms. The molecule has 2 nitrogen and oxygen atoms in total. The standard InChI is InChI=1S/C6H13N.C4H11N/c7-6-4-2-1-3-5-6;1-3-5-4-2/h6H,1-5,7H2;5H,3-4H2,1-2H3. The number of nitrogens with one attached hydrogen (secondary N) is 1. The molecule has 0 aromatic heterocycles. The maximum absolute atomic E-state index is 5.63. The Morgan fingerprint density at radius 3 is 1.75 bits per heavy atom. The first-order chi connectivity index (χ1) is 5.81. The Morgan fingerprint density at radius 1 is 1.08 bits per heavy atom.